The van der Waals surface area contributed by atoms with E-state index >= 15 is 0 Å². The second-order valence-electron chi connectivity index (χ2n) is 5.82. The number of hydrogen-bond donors (Lipinski definition) is 1. The van der Waals surface area contributed by atoms with Gasteiger partial charge in [-0.25, -0.2) is 9.18 Å². The molecule has 3 aromatic rings. The Bertz CT molecular complexity index is 1010. The van der Waals surface area contributed by atoms with E-state index in [0.29, 0.717) is 5.56 Å². The van der Waals surface area contributed by atoms with Crippen LogP contribution in [0.2, 0.25) is 0 Å². The molecular formula is C18H13F4N3O3. The van der Waals surface area contributed by atoms with Crippen LogP contribution in [0.1, 0.15) is 27.4 Å². The number of carbonyl (C=O) groups is 1. The minimum atomic E-state index is -4.46. The second kappa shape index (κ2) is 7.29. The number of esters is 1. The quantitative estimate of drug-likeness (QED) is 0.406. The number of hydrogen-bond acceptors (Lipinski definition) is 6. The Morgan fingerprint density at radius 3 is 2.50 bits per heavy atom. The van der Waals surface area contributed by atoms with Crippen LogP contribution in [0.4, 0.5) is 23.2 Å². The van der Waals surface area contributed by atoms with E-state index in [1.807, 2.05) is 0 Å². The van der Waals surface area contributed by atoms with Gasteiger partial charge in [0.15, 0.2) is 6.61 Å². The van der Waals surface area contributed by atoms with E-state index in [1.165, 1.54) is 18.2 Å². The molecule has 2 aromatic carbocycles. The predicted molar refractivity (Wildman–Crippen MR) is 89.4 cm³/mol. The minimum absolute atomic E-state index is 0.0148. The molecule has 3 rings (SSSR count). The summed E-state index contributed by atoms with van der Waals surface area (Å²) in [7, 11) is 0. The molecule has 0 amide bonds. The fourth-order valence-electron chi connectivity index (χ4n) is 2.34. The molecule has 0 atom stereocenters. The van der Waals surface area contributed by atoms with Gasteiger partial charge in [0, 0.05) is 5.56 Å². The number of benzene rings is 2. The van der Waals surface area contributed by atoms with Crippen molar-refractivity contribution in [3.8, 4) is 11.4 Å². The van der Waals surface area contributed by atoms with Gasteiger partial charge in [0.25, 0.3) is 5.89 Å². The fourth-order valence-corrected chi connectivity index (χ4v) is 2.34. The van der Waals surface area contributed by atoms with Crippen LogP contribution in [0.15, 0.2) is 40.9 Å². The molecule has 0 bridgehead atoms. The van der Waals surface area contributed by atoms with Gasteiger partial charge in [-0.3, -0.25) is 0 Å². The molecule has 10 heteroatoms. The molecule has 0 saturated carbocycles. The van der Waals surface area contributed by atoms with Gasteiger partial charge in [0.1, 0.15) is 11.4 Å². The molecule has 1 aromatic heterocycles. The lowest BCUT2D eigenvalue weighted by Crippen LogP contribution is -2.12. The predicted octanol–water partition coefficient (Wildman–Crippen LogP) is 4.14. The number of aromatic nitrogens is 2. The average Bonchev–Trinajstić information content (AvgIpc) is 3.12. The molecule has 6 nitrogen and oxygen atoms in total. The summed E-state index contributed by atoms with van der Waals surface area (Å²) >= 11 is 0. The van der Waals surface area contributed by atoms with Crippen molar-refractivity contribution >= 4 is 11.7 Å². The first-order valence-electron chi connectivity index (χ1n) is 7.88. The number of halogens is 4. The number of nitrogen functional groups attached to an aromatic ring is 1. The van der Waals surface area contributed by atoms with Crippen molar-refractivity contribution in [2.45, 2.75) is 19.7 Å². The van der Waals surface area contributed by atoms with Gasteiger partial charge >= 0.3 is 12.1 Å². The lowest BCUT2D eigenvalue weighted by atomic mass is 10.1. The zero-order valence-electron chi connectivity index (χ0n) is 14.4. The Hall–Kier alpha value is -3.43. The van der Waals surface area contributed by atoms with Crippen molar-refractivity contribution in [1.82, 2.24) is 10.1 Å². The van der Waals surface area contributed by atoms with Gasteiger partial charge in [-0.05, 0) is 30.7 Å². The molecule has 146 valence electrons. The number of ether oxygens (including phenoxy) is 1. The van der Waals surface area contributed by atoms with E-state index in [4.69, 9.17) is 15.0 Å². The third kappa shape index (κ3) is 3.95. The summed E-state index contributed by atoms with van der Waals surface area (Å²) < 4.78 is 61.4. The van der Waals surface area contributed by atoms with Gasteiger partial charge in [-0.1, -0.05) is 23.4 Å². The Balaban J connectivity index is 1.70. The third-order valence-corrected chi connectivity index (χ3v) is 3.88. The van der Waals surface area contributed by atoms with Crippen molar-refractivity contribution < 1.29 is 31.6 Å². The van der Waals surface area contributed by atoms with Crippen molar-refractivity contribution in [3.05, 3.63) is 64.8 Å². The number of alkyl halides is 3. The summed E-state index contributed by atoms with van der Waals surface area (Å²) in [4.78, 5) is 16.0. The maximum Gasteiger partial charge on any atom is 0.416 e. The zero-order chi connectivity index (χ0) is 20.5. The fraction of sp³-hybridized carbons (Fsp3) is 0.167. The average molecular weight is 395 g/mol. The van der Waals surface area contributed by atoms with E-state index < -0.39 is 35.7 Å². The molecule has 1 heterocycles. The standard InChI is InChI=1S/C18H13F4N3O3/c1-9-2-7-12(19)14(15(9)23)17(26)27-8-13-24-16(25-28-13)10-3-5-11(6-4-10)18(20,21)22/h2-7H,8,23H2,1H3. The lowest BCUT2D eigenvalue weighted by molar-refractivity contribution is -0.137. The number of nitrogens with zero attached hydrogens (tertiary/aromatic N) is 2. The summed E-state index contributed by atoms with van der Waals surface area (Å²) in [6.07, 6.45) is -4.46. The van der Waals surface area contributed by atoms with E-state index in [1.54, 1.807) is 6.92 Å². The molecule has 0 unspecified atom stereocenters. The first-order valence-corrected chi connectivity index (χ1v) is 7.88. The summed E-state index contributed by atoms with van der Waals surface area (Å²) in [6.45, 7) is 1.15. The number of nitrogens with two attached hydrogens (primary N) is 1. The summed E-state index contributed by atoms with van der Waals surface area (Å²) in [6, 6.07) is 6.66. The molecule has 0 aliphatic heterocycles. The Kier molecular flexibility index (Phi) is 5.04. The molecule has 0 saturated heterocycles. The lowest BCUT2D eigenvalue weighted by Gasteiger charge is -2.08. The van der Waals surface area contributed by atoms with Crippen LogP contribution in [0.3, 0.4) is 0 Å². The van der Waals surface area contributed by atoms with Crippen LogP contribution in [0, 0.1) is 12.7 Å². The SMILES string of the molecule is Cc1ccc(F)c(C(=O)OCc2nc(-c3ccc(C(F)(F)F)cc3)no2)c1N. The van der Waals surface area contributed by atoms with Crippen LogP contribution in [-0.2, 0) is 17.5 Å². The molecule has 0 aliphatic carbocycles. The smallest absolute Gasteiger partial charge is 0.416 e. The molecule has 0 fully saturated rings. The van der Waals surface area contributed by atoms with Crippen LogP contribution >= 0.6 is 0 Å². The van der Waals surface area contributed by atoms with Gasteiger partial charge < -0.3 is 15.0 Å². The van der Waals surface area contributed by atoms with Crippen LogP contribution in [-0.4, -0.2) is 16.1 Å². The van der Waals surface area contributed by atoms with E-state index in [-0.39, 0.29) is 23.0 Å². The number of aryl methyl sites for hydroxylation is 1. The topological polar surface area (TPSA) is 91.2 Å². The maximum absolute atomic E-state index is 13.8. The van der Waals surface area contributed by atoms with Crippen molar-refractivity contribution in [2.75, 3.05) is 5.73 Å². The highest BCUT2D eigenvalue weighted by molar-refractivity contribution is 5.96. The molecule has 2 N–H and O–H groups in total. The molecule has 0 aliphatic rings. The van der Waals surface area contributed by atoms with Gasteiger partial charge in [0.05, 0.1) is 11.3 Å². The van der Waals surface area contributed by atoms with Crippen LogP contribution in [0.5, 0.6) is 0 Å². The number of anilines is 1. The zero-order valence-corrected chi connectivity index (χ0v) is 14.4. The maximum atomic E-state index is 13.8. The highest BCUT2D eigenvalue weighted by Crippen LogP contribution is 2.30. The normalized spacial score (nSPS) is 11.5. The summed E-state index contributed by atoms with van der Waals surface area (Å²) in [5, 5.41) is 3.62. The van der Waals surface area contributed by atoms with Crippen molar-refractivity contribution in [1.29, 1.82) is 0 Å². The van der Waals surface area contributed by atoms with Crippen LogP contribution < -0.4 is 5.73 Å². The largest absolute Gasteiger partial charge is 0.452 e. The van der Waals surface area contributed by atoms with Gasteiger partial charge in [-0.15, -0.1) is 0 Å². The monoisotopic (exact) mass is 395 g/mol. The molecule has 0 radical (unpaired) electrons. The number of rotatable bonds is 4. The molecular weight excluding hydrogens is 382 g/mol. The first kappa shape index (κ1) is 19.3. The van der Waals surface area contributed by atoms with E-state index in [0.717, 1.165) is 18.2 Å². The molecule has 0 spiro atoms. The third-order valence-electron chi connectivity index (χ3n) is 3.88. The Morgan fingerprint density at radius 1 is 1.18 bits per heavy atom. The highest BCUT2D eigenvalue weighted by atomic mass is 19.4. The van der Waals surface area contributed by atoms with E-state index in [9.17, 15) is 22.4 Å². The van der Waals surface area contributed by atoms with Gasteiger partial charge in [0.2, 0.25) is 5.82 Å². The van der Waals surface area contributed by atoms with Crippen molar-refractivity contribution in [3.63, 3.8) is 0 Å². The Morgan fingerprint density at radius 2 is 1.86 bits per heavy atom. The van der Waals surface area contributed by atoms with Crippen molar-refractivity contribution in [2.24, 2.45) is 0 Å². The van der Waals surface area contributed by atoms with Gasteiger partial charge in [-0.2, -0.15) is 18.2 Å². The van der Waals surface area contributed by atoms with Crippen LogP contribution in [0.25, 0.3) is 11.4 Å². The highest BCUT2D eigenvalue weighted by Gasteiger charge is 2.30. The second-order valence-corrected chi connectivity index (χ2v) is 5.82. The summed E-state index contributed by atoms with van der Waals surface area (Å²) in [5.41, 5.74) is 5.24. The number of carbonyl (C=O) groups excluding carboxylic acids is 1. The molecule has 28 heavy (non-hydrogen) atoms. The first-order chi connectivity index (χ1) is 13.2. The summed E-state index contributed by atoms with van der Waals surface area (Å²) in [5.74, 6) is -1.94. The minimum Gasteiger partial charge on any atom is -0.452 e. The Labute approximate surface area is 155 Å². The van der Waals surface area contributed by atoms with E-state index in [2.05, 4.69) is 10.1 Å².